The number of aryl methyl sites for hydroxylation is 1. The van der Waals surface area contributed by atoms with E-state index in [1.807, 2.05) is 37.3 Å². The van der Waals surface area contributed by atoms with E-state index in [0.717, 1.165) is 11.3 Å². The summed E-state index contributed by atoms with van der Waals surface area (Å²) in [5.41, 5.74) is 2.15. The van der Waals surface area contributed by atoms with Gasteiger partial charge in [0.1, 0.15) is 5.82 Å². The number of rotatable bonds is 2. The second kappa shape index (κ2) is 5.66. The summed E-state index contributed by atoms with van der Waals surface area (Å²) in [6, 6.07) is 14.6. The molecule has 124 valence electrons. The van der Waals surface area contributed by atoms with E-state index >= 15 is 0 Å². The SMILES string of the molecule is CCN1C(=O)C(=Nn2c(C)nc3ccccc3c2=O)c2ccccc21. The van der Waals surface area contributed by atoms with Crippen molar-refractivity contribution in [2.75, 3.05) is 11.4 Å². The van der Waals surface area contributed by atoms with Crippen molar-refractivity contribution in [2.24, 2.45) is 5.10 Å². The Labute approximate surface area is 144 Å². The number of anilines is 1. The third-order valence-corrected chi connectivity index (χ3v) is 4.33. The first-order valence-corrected chi connectivity index (χ1v) is 8.10. The number of carbonyl (C=O) groups excluding carboxylic acids is 1. The molecule has 0 aliphatic carbocycles. The molecule has 0 bridgehead atoms. The first-order valence-electron chi connectivity index (χ1n) is 8.10. The van der Waals surface area contributed by atoms with Crippen molar-refractivity contribution in [3.05, 3.63) is 70.3 Å². The molecule has 0 saturated carbocycles. The molecule has 3 aromatic rings. The highest BCUT2D eigenvalue weighted by Crippen LogP contribution is 2.28. The number of likely N-dealkylation sites (N-methyl/N-ethyl adjacent to an activating group) is 1. The van der Waals surface area contributed by atoms with Crippen molar-refractivity contribution >= 4 is 28.2 Å². The highest BCUT2D eigenvalue weighted by molar-refractivity contribution is 6.54. The van der Waals surface area contributed by atoms with Gasteiger partial charge in [0.05, 0.1) is 16.6 Å². The van der Waals surface area contributed by atoms with Gasteiger partial charge in [-0.15, -0.1) is 0 Å². The van der Waals surface area contributed by atoms with Gasteiger partial charge < -0.3 is 4.90 Å². The van der Waals surface area contributed by atoms with Crippen molar-refractivity contribution in [1.29, 1.82) is 0 Å². The molecule has 1 aliphatic heterocycles. The van der Waals surface area contributed by atoms with Crippen LogP contribution in [0, 0.1) is 6.92 Å². The van der Waals surface area contributed by atoms with Crippen LogP contribution in [-0.2, 0) is 4.79 Å². The monoisotopic (exact) mass is 332 g/mol. The highest BCUT2D eigenvalue weighted by Gasteiger charge is 2.33. The van der Waals surface area contributed by atoms with Gasteiger partial charge in [-0.2, -0.15) is 9.78 Å². The third-order valence-electron chi connectivity index (χ3n) is 4.33. The van der Waals surface area contributed by atoms with Crippen LogP contribution in [0.15, 0.2) is 58.4 Å². The normalized spacial score (nSPS) is 15.2. The summed E-state index contributed by atoms with van der Waals surface area (Å²) < 4.78 is 1.21. The van der Waals surface area contributed by atoms with E-state index in [2.05, 4.69) is 10.1 Å². The van der Waals surface area contributed by atoms with Crippen molar-refractivity contribution in [1.82, 2.24) is 9.66 Å². The maximum absolute atomic E-state index is 12.8. The Kier molecular flexibility index (Phi) is 3.46. The molecule has 2 heterocycles. The molecule has 1 aromatic heterocycles. The smallest absolute Gasteiger partial charge is 0.282 e. The molecule has 1 aliphatic rings. The highest BCUT2D eigenvalue weighted by atomic mass is 16.2. The number of amides is 1. The lowest BCUT2D eigenvalue weighted by atomic mass is 10.1. The van der Waals surface area contributed by atoms with Gasteiger partial charge in [0, 0.05) is 12.1 Å². The van der Waals surface area contributed by atoms with Crippen LogP contribution in [0.5, 0.6) is 0 Å². The van der Waals surface area contributed by atoms with E-state index in [1.54, 1.807) is 30.0 Å². The molecule has 0 radical (unpaired) electrons. The summed E-state index contributed by atoms with van der Waals surface area (Å²) in [5.74, 6) is 0.236. The van der Waals surface area contributed by atoms with E-state index < -0.39 is 0 Å². The number of aromatic nitrogens is 2. The first-order chi connectivity index (χ1) is 12.1. The van der Waals surface area contributed by atoms with Crippen LogP contribution in [0.25, 0.3) is 10.9 Å². The van der Waals surface area contributed by atoms with Gasteiger partial charge in [-0.05, 0) is 32.0 Å². The van der Waals surface area contributed by atoms with Crippen LogP contribution < -0.4 is 10.5 Å². The minimum Gasteiger partial charge on any atom is -0.307 e. The summed E-state index contributed by atoms with van der Waals surface area (Å²) in [4.78, 5) is 31.6. The largest absolute Gasteiger partial charge is 0.307 e. The molecule has 6 nitrogen and oxygen atoms in total. The molecule has 0 fully saturated rings. The minimum absolute atomic E-state index is 0.205. The molecule has 0 saturated heterocycles. The van der Waals surface area contributed by atoms with Crippen LogP contribution in [0.1, 0.15) is 18.3 Å². The van der Waals surface area contributed by atoms with Crippen LogP contribution >= 0.6 is 0 Å². The Morgan fingerprint density at radius 2 is 1.76 bits per heavy atom. The van der Waals surface area contributed by atoms with Gasteiger partial charge in [-0.1, -0.05) is 30.3 Å². The average Bonchev–Trinajstić information content (AvgIpc) is 2.89. The Morgan fingerprint density at radius 1 is 1.04 bits per heavy atom. The second-order valence-electron chi connectivity index (χ2n) is 5.81. The van der Waals surface area contributed by atoms with Crippen molar-refractivity contribution in [2.45, 2.75) is 13.8 Å². The van der Waals surface area contributed by atoms with Crippen LogP contribution in [0.2, 0.25) is 0 Å². The Hall–Kier alpha value is -3.28. The Balaban J connectivity index is 1.97. The molecule has 0 unspecified atom stereocenters. The van der Waals surface area contributed by atoms with E-state index in [4.69, 9.17) is 0 Å². The number of benzene rings is 2. The maximum Gasteiger partial charge on any atom is 0.282 e. The predicted octanol–water partition coefficient (Wildman–Crippen LogP) is 2.32. The van der Waals surface area contributed by atoms with Crippen molar-refractivity contribution in [3.63, 3.8) is 0 Å². The fraction of sp³-hybridized carbons (Fsp3) is 0.158. The molecular formula is C19H16N4O2. The van der Waals surface area contributed by atoms with E-state index in [0.29, 0.717) is 23.3 Å². The number of nitrogens with zero attached hydrogens (tertiary/aromatic N) is 4. The molecule has 4 rings (SSSR count). The van der Waals surface area contributed by atoms with E-state index in [-0.39, 0.29) is 17.2 Å². The number of para-hydroxylation sites is 2. The number of carbonyl (C=O) groups is 1. The minimum atomic E-state index is -0.282. The van der Waals surface area contributed by atoms with Crippen LogP contribution in [-0.4, -0.2) is 27.8 Å². The Morgan fingerprint density at radius 3 is 2.56 bits per heavy atom. The lowest BCUT2D eigenvalue weighted by Crippen LogP contribution is -2.31. The summed E-state index contributed by atoms with van der Waals surface area (Å²) in [6.07, 6.45) is 0. The topological polar surface area (TPSA) is 67.6 Å². The van der Waals surface area contributed by atoms with Gasteiger partial charge in [0.2, 0.25) is 0 Å². The van der Waals surface area contributed by atoms with Gasteiger partial charge >= 0.3 is 0 Å². The molecular weight excluding hydrogens is 316 g/mol. The first kappa shape index (κ1) is 15.3. The number of fused-ring (bicyclic) bond motifs is 2. The molecule has 25 heavy (non-hydrogen) atoms. The lowest BCUT2D eigenvalue weighted by Gasteiger charge is -2.13. The standard InChI is InChI=1S/C19H16N4O2/c1-3-22-16-11-7-5-9-14(16)17(19(22)25)21-23-12(2)20-15-10-6-4-8-13(15)18(23)24/h4-11H,3H2,1-2H3. The molecule has 0 atom stereocenters. The van der Waals surface area contributed by atoms with E-state index in [1.165, 1.54) is 4.68 Å². The Bertz CT molecular complexity index is 1100. The van der Waals surface area contributed by atoms with Crippen molar-refractivity contribution < 1.29 is 4.79 Å². The lowest BCUT2D eigenvalue weighted by molar-refractivity contribution is -0.112. The quantitative estimate of drug-likeness (QED) is 0.723. The predicted molar refractivity (Wildman–Crippen MR) is 97.1 cm³/mol. The summed E-state index contributed by atoms with van der Waals surface area (Å²) in [6.45, 7) is 4.16. The third kappa shape index (κ3) is 2.26. The molecule has 0 spiro atoms. The molecule has 0 N–H and O–H groups in total. The summed E-state index contributed by atoms with van der Waals surface area (Å²) in [7, 11) is 0. The zero-order valence-corrected chi connectivity index (χ0v) is 13.9. The fourth-order valence-electron chi connectivity index (χ4n) is 3.12. The number of hydrogen-bond acceptors (Lipinski definition) is 4. The molecule has 2 aromatic carbocycles. The summed E-state index contributed by atoms with van der Waals surface area (Å²) >= 11 is 0. The van der Waals surface area contributed by atoms with Gasteiger partial charge in [0.15, 0.2) is 5.71 Å². The van der Waals surface area contributed by atoms with Crippen LogP contribution in [0.4, 0.5) is 5.69 Å². The number of hydrogen-bond donors (Lipinski definition) is 0. The fourth-order valence-corrected chi connectivity index (χ4v) is 3.12. The van der Waals surface area contributed by atoms with Gasteiger partial charge in [-0.25, -0.2) is 4.98 Å². The maximum atomic E-state index is 12.8. The zero-order valence-electron chi connectivity index (χ0n) is 13.9. The van der Waals surface area contributed by atoms with Gasteiger partial charge in [0.25, 0.3) is 11.5 Å². The second-order valence-corrected chi connectivity index (χ2v) is 5.81. The molecule has 1 amide bonds. The van der Waals surface area contributed by atoms with Gasteiger partial charge in [-0.3, -0.25) is 9.59 Å². The average molecular weight is 332 g/mol. The van der Waals surface area contributed by atoms with Crippen LogP contribution in [0.3, 0.4) is 0 Å². The van der Waals surface area contributed by atoms with E-state index in [9.17, 15) is 9.59 Å². The molecule has 6 heteroatoms. The zero-order chi connectivity index (χ0) is 17.6. The van der Waals surface area contributed by atoms with Crippen molar-refractivity contribution in [3.8, 4) is 0 Å². The summed E-state index contributed by atoms with van der Waals surface area (Å²) in [5, 5.41) is 4.87.